The van der Waals surface area contributed by atoms with E-state index in [1.807, 2.05) is 24.3 Å². The molecule has 1 aliphatic rings. The molecule has 0 aliphatic carbocycles. The summed E-state index contributed by atoms with van der Waals surface area (Å²) < 4.78 is 0. The molecule has 2 aromatic carbocycles. The lowest BCUT2D eigenvalue weighted by Gasteiger charge is -2.34. The van der Waals surface area contributed by atoms with E-state index in [0.29, 0.717) is 5.39 Å². The van der Waals surface area contributed by atoms with E-state index in [2.05, 4.69) is 51.0 Å². The van der Waals surface area contributed by atoms with Gasteiger partial charge in [-0.05, 0) is 30.2 Å². The Hall–Kier alpha value is -2.50. The number of rotatable bonds is 5. The lowest BCUT2D eigenvalue weighted by atomic mass is 10.1. The molecule has 1 saturated heterocycles. The standard InChI is InChI=1S/C22H26N4O/c1-17-6-2-3-7-18(17)16-26-14-12-25(13-15-26)11-10-21-23-20-9-5-4-8-19(20)22(27)24-21/h2-9H,10-16H2,1H3,(H,23,24,27). The van der Waals surface area contributed by atoms with Crippen LogP contribution < -0.4 is 5.56 Å². The molecule has 3 aromatic rings. The van der Waals surface area contributed by atoms with E-state index < -0.39 is 0 Å². The first kappa shape index (κ1) is 17.9. The molecule has 2 heterocycles. The molecular weight excluding hydrogens is 336 g/mol. The predicted molar refractivity (Wildman–Crippen MR) is 109 cm³/mol. The van der Waals surface area contributed by atoms with Gasteiger partial charge < -0.3 is 9.88 Å². The van der Waals surface area contributed by atoms with Crippen LogP contribution >= 0.6 is 0 Å². The minimum atomic E-state index is -0.0429. The summed E-state index contributed by atoms with van der Waals surface area (Å²) in [6.45, 7) is 8.42. The van der Waals surface area contributed by atoms with Gasteiger partial charge in [-0.15, -0.1) is 0 Å². The fourth-order valence-electron chi connectivity index (χ4n) is 3.72. The second-order valence-corrected chi connectivity index (χ2v) is 7.32. The summed E-state index contributed by atoms with van der Waals surface area (Å²) in [4.78, 5) is 24.7. The Morgan fingerprint density at radius 1 is 0.963 bits per heavy atom. The third-order valence-corrected chi connectivity index (χ3v) is 5.45. The largest absolute Gasteiger partial charge is 0.310 e. The second-order valence-electron chi connectivity index (χ2n) is 7.32. The number of fused-ring (bicyclic) bond motifs is 1. The van der Waals surface area contributed by atoms with Gasteiger partial charge in [0.1, 0.15) is 5.82 Å². The van der Waals surface area contributed by atoms with Crippen LogP contribution in [0.2, 0.25) is 0 Å². The molecule has 0 amide bonds. The Morgan fingerprint density at radius 2 is 1.67 bits per heavy atom. The van der Waals surface area contributed by atoms with Gasteiger partial charge in [0.2, 0.25) is 0 Å². The third kappa shape index (κ3) is 4.26. The lowest BCUT2D eigenvalue weighted by molar-refractivity contribution is 0.127. The summed E-state index contributed by atoms with van der Waals surface area (Å²) in [7, 11) is 0. The number of H-pyrrole nitrogens is 1. The second kappa shape index (κ2) is 8.03. The van der Waals surface area contributed by atoms with Crippen LogP contribution in [0.3, 0.4) is 0 Å². The van der Waals surface area contributed by atoms with Gasteiger partial charge in [-0.1, -0.05) is 36.4 Å². The topological polar surface area (TPSA) is 52.2 Å². The number of aryl methyl sites for hydroxylation is 1. The van der Waals surface area contributed by atoms with Gasteiger partial charge in [0, 0.05) is 45.7 Å². The van der Waals surface area contributed by atoms with Gasteiger partial charge >= 0.3 is 0 Å². The Balaban J connectivity index is 1.31. The van der Waals surface area contributed by atoms with E-state index >= 15 is 0 Å². The normalized spacial score (nSPS) is 16.0. The number of aromatic nitrogens is 2. The first-order valence-corrected chi connectivity index (χ1v) is 9.66. The number of benzene rings is 2. The van der Waals surface area contributed by atoms with Crippen LogP contribution in [-0.4, -0.2) is 52.5 Å². The van der Waals surface area contributed by atoms with Crippen LogP contribution in [0.15, 0.2) is 53.3 Å². The van der Waals surface area contributed by atoms with E-state index in [0.717, 1.165) is 57.0 Å². The maximum absolute atomic E-state index is 12.2. The SMILES string of the molecule is Cc1ccccc1CN1CCN(CCc2nc3ccccc3c(=O)[nH]2)CC1. The summed E-state index contributed by atoms with van der Waals surface area (Å²) in [6.07, 6.45) is 0.776. The first-order chi connectivity index (χ1) is 13.2. The Labute approximate surface area is 159 Å². The van der Waals surface area contributed by atoms with Crippen molar-refractivity contribution in [1.82, 2.24) is 19.8 Å². The van der Waals surface area contributed by atoms with E-state index in [1.165, 1.54) is 11.1 Å². The summed E-state index contributed by atoms with van der Waals surface area (Å²) in [6, 6.07) is 16.1. The minimum Gasteiger partial charge on any atom is -0.310 e. The van der Waals surface area contributed by atoms with Crippen molar-refractivity contribution in [3.63, 3.8) is 0 Å². The van der Waals surface area contributed by atoms with Gasteiger partial charge in [-0.3, -0.25) is 9.69 Å². The molecule has 1 fully saturated rings. The molecule has 5 nitrogen and oxygen atoms in total. The number of aromatic amines is 1. The molecule has 0 spiro atoms. The van der Waals surface area contributed by atoms with Crippen LogP contribution in [-0.2, 0) is 13.0 Å². The van der Waals surface area contributed by atoms with Crippen LogP contribution in [0, 0.1) is 6.92 Å². The van der Waals surface area contributed by atoms with Gasteiger partial charge in [0.15, 0.2) is 0 Å². The Bertz CT molecular complexity index is 973. The maximum atomic E-state index is 12.2. The predicted octanol–water partition coefficient (Wildman–Crippen LogP) is 2.59. The van der Waals surface area contributed by atoms with Crippen molar-refractivity contribution in [3.05, 3.63) is 75.8 Å². The van der Waals surface area contributed by atoms with Crippen LogP contribution in [0.25, 0.3) is 10.9 Å². The average Bonchev–Trinajstić information content (AvgIpc) is 2.69. The Kier molecular flexibility index (Phi) is 5.32. The number of para-hydroxylation sites is 1. The van der Waals surface area contributed by atoms with Gasteiger partial charge in [-0.25, -0.2) is 4.98 Å². The van der Waals surface area contributed by atoms with Crippen molar-refractivity contribution in [2.45, 2.75) is 19.9 Å². The summed E-state index contributed by atoms with van der Waals surface area (Å²) in [5, 5.41) is 0.658. The number of nitrogens with one attached hydrogen (secondary N) is 1. The average molecular weight is 362 g/mol. The van der Waals surface area contributed by atoms with E-state index in [9.17, 15) is 4.79 Å². The van der Waals surface area contributed by atoms with Crippen LogP contribution in [0.4, 0.5) is 0 Å². The number of hydrogen-bond donors (Lipinski definition) is 1. The number of piperazine rings is 1. The molecule has 0 bridgehead atoms. The van der Waals surface area contributed by atoms with Crippen molar-refractivity contribution in [2.24, 2.45) is 0 Å². The van der Waals surface area contributed by atoms with Gasteiger partial charge in [0.25, 0.3) is 5.56 Å². The van der Waals surface area contributed by atoms with Crippen molar-refractivity contribution < 1.29 is 0 Å². The van der Waals surface area contributed by atoms with E-state index in [-0.39, 0.29) is 5.56 Å². The summed E-state index contributed by atoms with van der Waals surface area (Å²) in [5.41, 5.74) is 3.52. The van der Waals surface area contributed by atoms with Crippen LogP contribution in [0.5, 0.6) is 0 Å². The molecule has 4 rings (SSSR count). The minimum absolute atomic E-state index is 0.0429. The third-order valence-electron chi connectivity index (χ3n) is 5.45. The fraction of sp³-hybridized carbons (Fsp3) is 0.364. The van der Waals surface area contributed by atoms with Crippen molar-refractivity contribution >= 4 is 10.9 Å². The van der Waals surface area contributed by atoms with Gasteiger partial charge in [-0.2, -0.15) is 0 Å². The fourth-order valence-corrected chi connectivity index (χ4v) is 3.72. The quantitative estimate of drug-likeness (QED) is 0.758. The van der Waals surface area contributed by atoms with E-state index in [1.54, 1.807) is 0 Å². The Morgan fingerprint density at radius 3 is 2.48 bits per heavy atom. The highest BCUT2D eigenvalue weighted by molar-refractivity contribution is 5.77. The smallest absolute Gasteiger partial charge is 0.258 e. The summed E-state index contributed by atoms with van der Waals surface area (Å²) in [5.74, 6) is 0.779. The summed E-state index contributed by atoms with van der Waals surface area (Å²) >= 11 is 0. The number of nitrogens with zero attached hydrogens (tertiary/aromatic N) is 3. The first-order valence-electron chi connectivity index (χ1n) is 9.66. The molecule has 140 valence electrons. The molecule has 0 radical (unpaired) electrons. The highest BCUT2D eigenvalue weighted by Crippen LogP contribution is 2.13. The number of hydrogen-bond acceptors (Lipinski definition) is 4. The molecule has 27 heavy (non-hydrogen) atoms. The van der Waals surface area contributed by atoms with Crippen LogP contribution in [0.1, 0.15) is 17.0 Å². The zero-order valence-corrected chi connectivity index (χ0v) is 15.8. The maximum Gasteiger partial charge on any atom is 0.258 e. The van der Waals surface area contributed by atoms with Gasteiger partial charge in [0.05, 0.1) is 10.9 Å². The zero-order chi connectivity index (χ0) is 18.6. The van der Waals surface area contributed by atoms with Crippen molar-refractivity contribution in [1.29, 1.82) is 0 Å². The molecule has 0 atom stereocenters. The monoisotopic (exact) mass is 362 g/mol. The molecular formula is C22H26N4O. The molecule has 1 aliphatic heterocycles. The molecule has 1 aromatic heterocycles. The molecule has 1 N–H and O–H groups in total. The molecule has 5 heteroatoms. The van der Waals surface area contributed by atoms with Crippen molar-refractivity contribution in [2.75, 3.05) is 32.7 Å². The highest BCUT2D eigenvalue weighted by Gasteiger charge is 2.17. The lowest BCUT2D eigenvalue weighted by Crippen LogP contribution is -2.46. The van der Waals surface area contributed by atoms with E-state index in [4.69, 9.17) is 0 Å². The highest BCUT2D eigenvalue weighted by atomic mass is 16.1. The zero-order valence-electron chi connectivity index (χ0n) is 15.8. The van der Waals surface area contributed by atoms with Crippen molar-refractivity contribution in [3.8, 4) is 0 Å². The molecule has 0 saturated carbocycles. The molecule has 0 unspecified atom stereocenters.